The van der Waals surface area contributed by atoms with E-state index >= 15 is 0 Å². The topological polar surface area (TPSA) is 38.7 Å². The van der Waals surface area contributed by atoms with Crippen LogP contribution in [0.2, 0.25) is 0 Å². The van der Waals surface area contributed by atoms with E-state index in [1.165, 1.54) is 6.08 Å². The third kappa shape index (κ3) is 3.31. The van der Waals surface area contributed by atoms with Crippen LogP contribution in [0.4, 0.5) is 0 Å². The zero-order valence-electron chi connectivity index (χ0n) is 9.30. The standard InChI is InChI=1S/C13H16O3/c1-4-10(2)13(16-14)15-11(3)12-8-6-5-7-9-12/h4-9,11,13-14H,1-2H2,3H3. The maximum Gasteiger partial charge on any atom is 0.217 e. The molecule has 0 fully saturated rings. The molecule has 3 nitrogen and oxygen atoms in total. The van der Waals surface area contributed by atoms with Crippen molar-refractivity contribution in [2.24, 2.45) is 0 Å². The Kier molecular flexibility index (Phi) is 4.92. The van der Waals surface area contributed by atoms with Crippen molar-refractivity contribution in [2.75, 3.05) is 0 Å². The van der Waals surface area contributed by atoms with E-state index in [1.54, 1.807) is 0 Å². The second-order valence-corrected chi connectivity index (χ2v) is 3.41. The molecule has 1 N–H and O–H groups in total. The average Bonchev–Trinajstić information content (AvgIpc) is 2.35. The van der Waals surface area contributed by atoms with E-state index in [0.717, 1.165) is 5.56 Å². The van der Waals surface area contributed by atoms with Gasteiger partial charge >= 0.3 is 0 Å². The minimum atomic E-state index is -0.882. The molecule has 0 heterocycles. The molecular formula is C13H16O3. The first-order valence-corrected chi connectivity index (χ1v) is 5.01. The van der Waals surface area contributed by atoms with Crippen LogP contribution in [0, 0.1) is 0 Å². The van der Waals surface area contributed by atoms with Crippen molar-refractivity contribution in [1.29, 1.82) is 0 Å². The van der Waals surface area contributed by atoms with Crippen molar-refractivity contribution in [3.63, 3.8) is 0 Å². The lowest BCUT2D eigenvalue weighted by Gasteiger charge is -2.20. The quantitative estimate of drug-likeness (QED) is 0.346. The zero-order valence-corrected chi connectivity index (χ0v) is 9.30. The highest BCUT2D eigenvalue weighted by Gasteiger charge is 2.16. The first kappa shape index (κ1) is 12.6. The van der Waals surface area contributed by atoms with Gasteiger partial charge in [0.1, 0.15) is 0 Å². The van der Waals surface area contributed by atoms with Gasteiger partial charge in [0.25, 0.3) is 0 Å². The van der Waals surface area contributed by atoms with Gasteiger partial charge in [0, 0.05) is 5.57 Å². The summed E-state index contributed by atoms with van der Waals surface area (Å²) < 4.78 is 5.50. The van der Waals surface area contributed by atoms with Gasteiger partial charge in [-0.1, -0.05) is 49.6 Å². The maximum atomic E-state index is 8.69. The summed E-state index contributed by atoms with van der Waals surface area (Å²) in [5.74, 6) is 0. The highest BCUT2D eigenvalue weighted by Crippen LogP contribution is 2.20. The molecule has 0 aromatic heterocycles. The minimum Gasteiger partial charge on any atom is -0.338 e. The van der Waals surface area contributed by atoms with Crippen molar-refractivity contribution in [1.82, 2.24) is 0 Å². The largest absolute Gasteiger partial charge is 0.338 e. The molecule has 0 saturated heterocycles. The number of hydrogen-bond donors (Lipinski definition) is 1. The van der Waals surface area contributed by atoms with E-state index in [-0.39, 0.29) is 6.10 Å². The molecule has 3 heteroatoms. The van der Waals surface area contributed by atoms with Crippen LogP contribution in [0.25, 0.3) is 0 Å². The molecule has 0 spiro atoms. The summed E-state index contributed by atoms with van der Waals surface area (Å²) in [6.45, 7) is 9.07. The molecule has 1 aromatic carbocycles. The predicted octanol–water partition coefficient (Wildman–Crippen LogP) is 3.32. The maximum absolute atomic E-state index is 8.69. The second-order valence-electron chi connectivity index (χ2n) is 3.41. The Labute approximate surface area is 95.6 Å². The third-order valence-corrected chi connectivity index (χ3v) is 2.26. The highest BCUT2D eigenvalue weighted by molar-refractivity contribution is 5.18. The van der Waals surface area contributed by atoms with Gasteiger partial charge in [0.05, 0.1) is 6.10 Å². The van der Waals surface area contributed by atoms with Crippen LogP contribution in [0.15, 0.2) is 55.1 Å². The molecule has 2 atom stereocenters. The fourth-order valence-corrected chi connectivity index (χ4v) is 1.26. The predicted molar refractivity (Wildman–Crippen MR) is 62.8 cm³/mol. The summed E-state index contributed by atoms with van der Waals surface area (Å²) in [5.41, 5.74) is 1.48. The van der Waals surface area contributed by atoms with Gasteiger partial charge < -0.3 is 4.74 Å². The lowest BCUT2D eigenvalue weighted by molar-refractivity contribution is -0.339. The van der Waals surface area contributed by atoms with Gasteiger partial charge in [-0.2, -0.15) is 0 Å². The van der Waals surface area contributed by atoms with E-state index in [1.807, 2.05) is 37.3 Å². The number of ether oxygens (including phenoxy) is 1. The molecule has 16 heavy (non-hydrogen) atoms. The van der Waals surface area contributed by atoms with Gasteiger partial charge in [0.15, 0.2) is 0 Å². The van der Waals surface area contributed by atoms with E-state index in [2.05, 4.69) is 18.0 Å². The molecule has 1 rings (SSSR count). The van der Waals surface area contributed by atoms with Crippen LogP contribution < -0.4 is 0 Å². The van der Waals surface area contributed by atoms with Gasteiger partial charge in [-0.15, -0.1) is 0 Å². The Morgan fingerprint density at radius 2 is 2.00 bits per heavy atom. The Bertz CT molecular complexity index is 345. The van der Waals surface area contributed by atoms with E-state index in [9.17, 15) is 0 Å². The lowest BCUT2D eigenvalue weighted by atomic mass is 10.1. The molecule has 0 radical (unpaired) electrons. The first-order chi connectivity index (χ1) is 7.69. The Morgan fingerprint density at radius 1 is 1.38 bits per heavy atom. The molecule has 0 amide bonds. The van der Waals surface area contributed by atoms with Crippen LogP contribution in [0.1, 0.15) is 18.6 Å². The highest BCUT2D eigenvalue weighted by atomic mass is 17.1. The Balaban J connectivity index is 2.66. The summed E-state index contributed by atoms with van der Waals surface area (Å²) >= 11 is 0. The Hall–Kier alpha value is -1.42. The molecule has 0 bridgehead atoms. The van der Waals surface area contributed by atoms with Gasteiger partial charge in [-0.25, -0.2) is 10.1 Å². The summed E-state index contributed by atoms with van der Waals surface area (Å²) in [4.78, 5) is 4.20. The summed E-state index contributed by atoms with van der Waals surface area (Å²) in [6.07, 6.45) is 0.404. The molecule has 0 aliphatic heterocycles. The van der Waals surface area contributed by atoms with Crippen molar-refractivity contribution < 1.29 is 14.9 Å². The van der Waals surface area contributed by atoms with Crippen molar-refractivity contribution >= 4 is 0 Å². The molecule has 0 saturated carbocycles. The Morgan fingerprint density at radius 3 is 2.50 bits per heavy atom. The van der Waals surface area contributed by atoms with Crippen molar-refractivity contribution in [2.45, 2.75) is 19.3 Å². The van der Waals surface area contributed by atoms with Crippen LogP contribution >= 0.6 is 0 Å². The van der Waals surface area contributed by atoms with E-state index in [4.69, 9.17) is 9.99 Å². The fourth-order valence-electron chi connectivity index (χ4n) is 1.26. The lowest BCUT2D eigenvalue weighted by Crippen LogP contribution is -2.19. The van der Waals surface area contributed by atoms with Crippen LogP contribution in [0.3, 0.4) is 0 Å². The van der Waals surface area contributed by atoms with Crippen LogP contribution in [0.5, 0.6) is 0 Å². The van der Waals surface area contributed by atoms with Crippen molar-refractivity contribution in [3.05, 3.63) is 60.7 Å². The molecule has 0 aliphatic rings. The monoisotopic (exact) mass is 220 g/mol. The molecule has 0 aliphatic carbocycles. The second kappa shape index (κ2) is 6.23. The third-order valence-electron chi connectivity index (χ3n) is 2.26. The average molecular weight is 220 g/mol. The molecule has 2 unspecified atom stereocenters. The molecule has 86 valence electrons. The van der Waals surface area contributed by atoms with Crippen molar-refractivity contribution in [3.8, 4) is 0 Å². The fraction of sp³-hybridized carbons (Fsp3) is 0.231. The summed E-state index contributed by atoms with van der Waals surface area (Å²) in [5, 5.41) is 8.69. The van der Waals surface area contributed by atoms with Gasteiger partial charge in [-0.3, -0.25) is 0 Å². The minimum absolute atomic E-state index is 0.199. The van der Waals surface area contributed by atoms with Crippen LogP contribution in [-0.2, 0) is 9.62 Å². The molecular weight excluding hydrogens is 204 g/mol. The van der Waals surface area contributed by atoms with Gasteiger partial charge in [-0.05, 0) is 12.5 Å². The van der Waals surface area contributed by atoms with Crippen LogP contribution in [-0.4, -0.2) is 11.5 Å². The normalized spacial score (nSPS) is 14.1. The first-order valence-electron chi connectivity index (χ1n) is 5.01. The zero-order chi connectivity index (χ0) is 12.0. The molecule has 1 aromatic rings. The number of benzene rings is 1. The number of hydrogen-bond acceptors (Lipinski definition) is 3. The van der Waals surface area contributed by atoms with Gasteiger partial charge in [0.2, 0.25) is 6.29 Å². The smallest absolute Gasteiger partial charge is 0.217 e. The SMILES string of the molecule is C=CC(=C)C(OO)OC(C)c1ccccc1. The summed E-state index contributed by atoms with van der Waals surface area (Å²) in [6, 6.07) is 9.66. The number of rotatable bonds is 6. The summed E-state index contributed by atoms with van der Waals surface area (Å²) in [7, 11) is 0. The van der Waals surface area contributed by atoms with E-state index < -0.39 is 6.29 Å². The van der Waals surface area contributed by atoms with E-state index in [0.29, 0.717) is 5.57 Å².